The zero-order chi connectivity index (χ0) is 14.7. The Bertz CT molecular complexity index is 665. The van der Waals surface area contributed by atoms with Gasteiger partial charge >= 0.3 is 0 Å². The van der Waals surface area contributed by atoms with Crippen LogP contribution >= 0.6 is 11.6 Å². The Morgan fingerprint density at radius 3 is 2.55 bits per heavy atom. The van der Waals surface area contributed by atoms with Gasteiger partial charge in [0.25, 0.3) is 5.69 Å². The Kier molecular flexibility index (Phi) is 4.14. The van der Waals surface area contributed by atoms with E-state index in [0.717, 1.165) is 12.1 Å². The fourth-order valence-corrected chi connectivity index (χ4v) is 1.86. The third-order valence-corrected chi connectivity index (χ3v) is 2.96. The number of nitro groups is 1. The van der Waals surface area contributed by atoms with Crippen LogP contribution in [0.4, 0.5) is 20.2 Å². The van der Waals surface area contributed by atoms with E-state index in [1.165, 1.54) is 24.3 Å². The molecule has 0 aliphatic heterocycles. The molecule has 2 aromatic rings. The quantitative estimate of drug-likeness (QED) is 0.682. The van der Waals surface area contributed by atoms with E-state index >= 15 is 0 Å². The van der Waals surface area contributed by atoms with Gasteiger partial charge in [-0.25, -0.2) is 8.78 Å². The van der Waals surface area contributed by atoms with Crippen LogP contribution in [0.5, 0.6) is 0 Å². The lowest BCUT2D eigenvalue weighted by Gasteiger charge is -2.09. The molecule has 0 unspecified atom stereocenters. The van der Waals surface area contributed by atoms with Gasteiger partial charge in [0.05, 0.1) is 15.6 Å². The molecule has 2 aromatic carbocycles. The molecule has 2 rings (SSSR count). The number of nitrogens with zero attached hydrogens (tertiary/aromatic N) is 1. The minimum Gasteiger partial charge on any atom is -0.380 e. The van der Waals surface area contributed by atoms with E-state index in [0.29, 0.717) is 5.69 Å². The number of halogens is 3. The molecule has 104 valence electrons. The van der Waals surface area contributed by atoms with Gasteiger partial charge in [0, 0.05) is 30.3 Å². The molecule has 0 fully saturated rings. The van der Waals surface area contributed by atoms with Crippen LogP contribution in [-0.2, 0) is 6.54 Å². The van der Waals surface area contributed by atoms with Gasteiger partial charge in [0.15, 0.2) is 0 Å². The highest BCUT2D eigenvalue weighted by atomic mass is 35.5. The van der Waals surface area contributed by atoms with Crippen molar-refractivity contribution in [3.05, 3.63) is 68.7 Å². The van der Waals surface area contributed by atoms with Crippen LogP contribution in [0.1, 0.15) is 5.56 Å². The second-order valence-corrected chi connectivity index (χ2v) is 4.42. The van der Waals surface area contributed by atoms with Crippen LogP contribution in [0, 0.1) is 21.7 Å². The molecule has 0 bridgehead atoms. The van der Waals surface area contributed by atoms with Gasteiger partial charge in [-0.1, -0.05) is 17.7 Å². The van der Waals surface area contributed by atoms with Crippen LogP contribution in [0.25, 0.3) is 0 Å². The van der Waals surface area contributed by atoms with Crippen LogP contribution in [0.3, 0.4) is 0 Å². The van der Waals surface area contributed by atoms with Gasteiger partial charge < -0.3 is 5.32 Å². The van der Waals surface area contributed by atoms with Gasteiger partial charge in [-0.05, 0) is 12.1 Å². The maximum absolute atomic E-state index is 13.4. The van der Waals surface area contributed by atoms with Crippen LogP contribution in [0.15, 0.2) is 36.4 Å². The highest BCUT2D eigenvalue weighted by molar-refractivity contribution is 6.33. The summed E-state index contributed by atoms with van der Waals surface area (Å²) in [7, 11) is 0. The molecule has 20 heavy (non-hydrogen) atoms. The second kappa shape index (κ2) is 5.83. The smallest absolute Gasteiger partial charge is 0.271 e. The van der Waals surface area contributed by atoms with Crippen molar-refractivity contribution in [3.63, 3.8) is 0 Å². The molecule has 1 N–H and O–H groups in total. The molecule has 0 heterocycles. The van der Waals surface area contributed by atoms with Crippen molar-refractivity contribution < 1.29 is 13.7 Å². The first-order valence-corrected chi connectivity index (χ1v) is 5.97. The molecule has 0 amide bonds. The Morgan fingerprint density at radius 2 is 1.95 bits per heavy atom. The van der Waals surface area contributed by atoms with E-state index in [9.17, 15) is 18.9 Å². The molecule has 0 aliphatic rings. The lowest BCUT2D eigenvalue weighted by Crippen LogP contribution is -2.03. The number of rotatable bonds is 4. The summed E-state index contributed by atoms with van der Waals surface area (Å²) in [6.45, 7) is 0.0869. The Labute approximate surface area is 118 Å². The molecule has 0 atom stereocenters. The summed E-state index contributed by atoms with van der Waals surface area (Å²) in [5.74, 6) is -1.32. The number of non-ortho nitro benzene ring substituents is 1. The molecule has 0 saturated heterocycles. The highest BCUT2D eigenvalue weighted by Crippen LogP contribution is 2.27. The number of hydrogen-bond acceptors (Lipinski definition) is 3. The molecule has 7 heteroatoms. The summed E-state index contributed by atoms with van der Waals surface area (Å²) >= 11 is 5.88. The number of anilines is 1. The molecule has 0 aromatic heterocycles. The SMILES string of the molecule is O=[N+]([O-])c1ccc(NCc2ccc(F)cc2F)c(Cl)c1. The molecule has 4 nitrogen and oxygen atoms in total. The summed E-state index contributed by atoms with van der Waals surface area (Å²) in [5.41, 5.74) is 0.565. The molecule has 0 spiro atoms. The van der Waals surface area contributed by atoms with Crippen molar-refractivity contribution in [2.75, 3.05) is 5.32 Å². The van der Waals surface area contributed by atoms with Crippen LogP contribution in [0.2, 0.25) is 5.02 Å². The van der Waals surface area contributed by atoms with Gasteiger partial charge in [-0.15, -0.1) is 0 Å². The summed E-state index contributed by atoms with van der Waals surface area (Å²) in [6.07, 6.45) is 0. The van der Waals surface area contributed by atoms with E-state index in [1.54, 1.807) is 0 Å². The summed E-state index contributed by atoms with van der Waals surface area (Å²) < 4.78 is 26.2. The Hall–Kier alpha value is -2.21. The zero-order valence-electron chi connectivity index (χ0n) is 10.1. The maximum atomic E-state index is 13.4. The van der Waals surface area contributed by atoms with Gasteiger partial charge in [-0.2, -0.15) is 0 Å². The molecule has 0 saturated carbocycles. The van der Waals surface area contributed by atoms with E-state index in [4.69, 9.17) is 11.6 Å². The average Bonchev–Trinajstić information content (AvgIpc) is 2.38. The number of nitrogens with one attached hydrogen (secondary N) is 1. The van der Waals surface area contributed by atoms with E-state index in [-0.39, 0.29) is 22.8 Å². The fourth-order valence-electron chi connectivity index (χ4n) is 1.62. The minimum atomic E-state index is -0.671. The monoisotopic (exact) mass is 298 g/mol. The third kappa shape index (κ3) is 3.21. The van der Waals surface area contributed by atoms with Gasteiger partial charge in [-0.3, -0.25) is 10.1 Å². The van der Waals surface area contributed by atoms with Gasteiger partial charge in [0.2, 0.25) is 0 Å². The summed E-state index contributed by atoms with van der Waals surface area (Å²) in [5, 5.41) is 13.6. The Balaban J connectivity index is 2.13. The van der Waals surface area contributed by atoms with Crippen molar-refractivity contribution in [1.82, 2.24) is 0 Å². The Morgan fingerprint density at radius 1 is 1.20 bits per heavy atom. The predicted octanol–water partition coefficient (Wildman–Crippen LogP) is 4.14. The van der Waals surface area contributed by atoms with Crippen LogP contribution in [-0.4, -0.2) is 4.92 Å². The maximum Gasteiger partial charge on any atom is 0.271 e. The van der Waals surface area contributed by atoms with Crippen molar-refractivity contribution in [1.29, 1.82) is 0 Å². The molecule has 0 radical (unpaired) electrons. The lowest BCUT2D eigenvalue weighted by atomic mass is 10.2. The van der Waals surface area contributed by atoms with Crippen molar-refractivity contribution in [2.45, 2.75) is 6.54 Å². The standard InChI is InChI=1S/C13H9ClF2N2O2/c14-11-6-10(18(19)20)3-4-13(11)17-7-8-1-2-9(15)5-12(8)16/h1-6,17H,7H2. The minimum absolute atomic E-state index is 0.0869. The average molecular weight is 299 g/mol. The van der Waals surface area contributed by atoms with E-state index in [2.05, 4.69) is 5.32 Å². The van der Waals surface area contributed by atoms with Crippen molar-refractivity contribution >= 4 is 23.0 Å². The van der Waals surface area contributed by atoms with E-state index < -0.39 is 16.6 Å². The number of benzene rings is 2. The second-order valence-electron chi connectivity index (χ2n) is 4.01. The largest absolute Gasteiger partial charge is 0.380 e. The third-order valence-electron chi connectivity index (χ3n) is 2.65. The zero-order valence-corrected chi connectivity index (χ0v) is 10.8. The molecular weight excluding hydrogens is 290 g/mol. The highest BCUT2D eigenvalue weighted by Gasteiger charge is 2.10. The van der Waals surface area contributed by atoms with Crippen molar-refractivity contribution in [2.24, 2.45) is 0 Å². The molecular formula is C13H9ClF2N2O2. The first-order valence-electron chi connectivity index (χ1n) is 5.59. The van der Waals surface area contributed by atoms with E-state index in [1.807, 2.05) is 0 Å². The van der Waals surface area contributed by atoms with Crippen LogP contribution < -0.4 is 5.32 Å². The van der Waals surface area contributed by atoms with Gasteiger partial charge in [0.1, 0.15) is 11.6 Å². The summed E-state index contributed by atoms with van der Waals surface area (Å²) in [6, 6.07) is 7.17. The first-order chi connectivity index (χ1) is 9.47. The normalized spacial score (nSPS) is 10.3. The lowest BCUT2D eigenvalue weighted by molar-refractivity contribution is -0.384. The number of nitro benzene ring substituents is 1. The topological polar surface area (TPSA) is 55.2 Å². The number of hydrogen-bond donors (Lipinski definition) is 1. The summed E-state index contributed by atoms with van der Waals surface area (Å²) in [4.78, 5) is 10.0. The molecule has 0 aliphatic carbocycles. The van der Waals surface area contributed by atoms with Crippen molar-refractivity contribution in [3.8, 4) is 0 Å². The first kappa shape index (κ1) is 14.2. The fraction of sp³-hybridized carbons (Fsp3) is 0.0769. The predicted molar refractivity (Wildman–Crippen MR) is 71.8 cm³/mol.